The van der Waals surface area contributed by atoms with Crippen LogP contribution < -0.4 is 5.32 Å². The summed E-state index contributed by atoms with van der Waals surface area (Å²) in [5.41, 5.74) is 0. The molecule has 2 aliphatic rings. The molecule has 0 bridgehead atoms. The van der Waals surface area contributed by atoms with Crippen LogP contribution >= 0.6 is 0 Å². The molecule has 82 valence electrons. The normalized spacial score (nSPS) is 44.1. The predicted octanol–water partition coefficient (Wildman–Crippen LogP) is 1.06. The fourth-order valence-corrected chi connectivity index (χ4v) is 2.40. The van der Waals surface area contributed by atoms with Gasteiger partial charge in [-0.3, -0.25) is 0 Å². The maximum Gasteiger partial charge on any atom is 0.0838 e. The highest BCUT2D eigenvalue weighted by atomic mass is 16.5. The Labute approximate surface area is 85.8 Å². The summed E-state index contributed by atoms with van der Waals surface area (Å²) in [6, 6.07) is 0.628. The Kier molecular flexibility index (Phi) is 3.42. The van der Waals surface area contributed by atoms with Crippen molar-refractivity contribution >= 4 is 0 Å². The largest absolute Gasteiger partial charge is 0.390 e. The number of aliphatic hydroxyl groups excluding tert-OH is 1. The third-order valence-electron chi connectivity index (χ3n) is 3.40. The molecule has 3 heteroatoms. The molecule has 1 aliphatic carbocycles. The van der Waals surface area contributed by atoms with Gasteiger partial charge in [0.1, 0.15) is 0 Å². The van der Waals surface area contributed by atoms with E-state index in [-0.39, 0.29) is 12.2 Å². The fraction of sp³-hybridized carbons (Fsp3) is 1.00. The Balaban J connectivity index is 1.74. The zero-order chi connectivity index (χ0) is 9.97. The molecule has 0 aromatic heterocycles. The van der Waals surface area contributed by atoms with Gasteiger partial charge in [0.2, 0.25) is 0 Å². The highest BCUT2D eigenvalue weighted by Crippen LogP contribution is 2.24. The van der Waals surface area contributed by atoms with Crippen LogP contribution in [0.5, 0.6) is 0 Å². The zero-order valence-electron chi connectivity index (χ0n) is 8.91. The molecule has 0 spiro atoms. The van der Waals surface area contributed by atoms with Crippen molar-refractivity contribution in [2.24, 2.45) is 0 Å². The molecule has 2 fully saturated rings. The lowest BCUT2D eigenvalue weighted by atomic mass is 10.0. The summed E-state index contributed by atoms with van der Waals surface area (Å²) in [4.78, 5) is 0. The van der Waals surface area contributed by atoms with Gasteiger partial charge >= 0.3 is 0 Å². The van der Waals surface area contributed by atoms with Crippen LogP contribution in [0, 0.1) is 0 Å². The lowest BCUT2D eigenvalue weighted by Gasteiger charge is -2.30. The predicted molar refractivity (Wildman–Crippen MR) is 55.2 cm³/mol. The van der Waals surface area contributed by atoms with Gasteiger partial charge in [0.25, 0.3) is 0 Å². The van der Waals surface area contributed by atoms with E-state index < -0.39 is 0 Å². The molecule has 3 nitrogen and oxygen atoms in total. The monoisotopic (exact) mass is 199 g/mol. The SMILES string of the molecule is CC1CCC(OC2CCCC2O)CN1. The maximum atomic E-state index is 9.63. The van der Waals surface area contributed by atoms with Gasteiger partial charge in [-0.05, 0) is 39.0 Å². The molecule has 4 atom stereocenters. The number of aliphatic hydroxyl groups is 1. The molecule has 14 heavy (non-hydrogen) atoms. The minimum atomic E-state index is -0.214. The van der Waals surface area contributed by atoms with E-state index >= 15 is 0 Å². The lowest BCUT2D eigenvalue weighted by Crippen LogP contribution is -2.43. The van der Waals surface area contributed by atoms with Crippen molar-refractivity contribution in [1.82, 2.24) is 5.32 Å². The first-order valence-electron chi connectivity index (χ1n) is 5.82. The van der Waals surface area contributed by atoms with Crippen LogP contribution in [0.2, 0.25) is 0 Å². The Morgan fingerprint density at radius 1 is 1.21 bits per heavy atom. The molecule has 0 radical (unpaired) electrons. The molecule has 1 aliphatic heterocycles. The molecule has 0 amide bonds. The number of rotatable bonds is 2. The highest BCUT2D eigenvalue weighted by Gasteiger charge is 2.29. The summed E-state index contributed by atoms with van der Waals surface area (Å²) < 4.78 is 5.90. The van der Waals surface area contributed by atoms with E-state index in [0.717, 1.165) is 32.2 Å². The second-order valence-corrected chi connectivity index (χ2v) is 4.68. The van der Waals surface area contributed by atoms with Crippen LogP contribution in [0.4, 0.5) is 0 Å². The van der Waals surface area contributed by atoms with Crippen LogP contribution in [-0.2, 0) is 4.74 Å². The van der Waals surface area contributed by atoms with Crippen molar-refractivity contribution in [3.05, 3.63) is 0 Å². The van der Waals surface area contributed by atoms with Crippen LogP contribution in [-0.4, -0.2) is 36.0 Å². The smallest absolute Gasteiger partial charge is 0.0838 e. The van der Waals surface area contributed by atoms with Gasteiger partial charge in [-0.25, -0.2) is 0 Å². The molecule has 2 N–H and O–H groups in total. The van der Waals surface area contributed by atoms with E-state index in [2.05, 4.69) is 12.2 Å². The van der Waals surface area contributed by atoms with Crippen molar-refractivity contribution in [2.75, 3.05) is 6.54 Å². The third-order valence-corrected chi connectivity index (χ3v) is 3.40. The molecule has 0 aromatic carbocycles. The molecule has 1 saturated carbocycles. The summed E-state index contributed by atoms with van der Waals surface area (Å²) >= 11 is 0. The zero-order valence-corrected chi connectivity index (χ0v) is 8.91. The van der Waals surface area contributed by atoms with Gasteiger partial charge in [0.15, 0.2) is 0 Å². The fourth-order valence-electron chi connectivity index (χ4n) is 2.40. The minimum absolute atomic E-state index is 0.107. The van der Waals surface area contributed by atoms with Crippen molar-refractivity contribution in [3.63, 3.8) is 0 Å². The van der Waals surface area contributed by atoms with Crippen molar-refractivity contribution < 1.29 is 9.84 Å². The quantitative estimate of drug-likeness (QED) is 0.698. The second kappa shape index (κ2) is 4.60. The Bertz CT molecular complexity index is 178. The number of piperidine rings is 1. The topological polar surface area (TPSA) is 41.5 Å². The number of hydrogen-bond donors (Lipinski definition) is 2. The Morgan fingerprint density at radius 3 is 2.64 bits per heavy atom. The van der Waals surface area contributed by atoms with E-state index in [9.17, 15) is 5.11 Å². The number of ether oxygens (including phenoxy) is 1. The van der Waals surface area contributed by atoms with E-state index in [1.165, 1.54) is 6.42 Å². The summed E-state index contributed by atoms with van der Waals surface area (Å²) in [6.07, 6.45) is 5.61. The molecule has 2 rings (SSSR count). The summed E-state index contributed by atoms with van der Waals surface area (Å²) in [6.45, 7) is 3.16. The standard InChI is InChI=1S/C11H21NO2/c1-8-5-6-9(7-12-8)14-11-4-2-3-10(11)13/h8-13H,2-7H2,1H3. The summed E-state index contributed by atoms with van der Waals surface area (Å²) in [5, 5.41) is 13.0. The maximum absolute atomic E-state index is 9.63. The Hall–Kier alpha value is -0.120. The summed E-state index contributed by atoms with van der Waals surface area (Å²) in [7, 11) is 0. The molecule has 1 heterocycles. The van der Waals surface area contributed by atoms with Crippen LogP contribution in [0.1, 0.15) is 39.0 Å². The second-order valence-electron chi connectivity index (χ2n) is 4.68. The Morgan fingerprint density at radius 2 is 2.07 bits per heavy atom. The summed E-state index contributed by atoms with van der Waals surface area (Å²) in [5.74, 6) is 0. The average molecular weight is 199 g/mol. The highest BCUT2D eigenvalue weighted by molar-refractivity contribution is 4.81. The van der Waals surface area contributed by atoms with Crippen molar-refractivity contribution in [1.29, 1.82) is 0 Å². The molecular weight excluding hydrogens is 178 g/mol. The number of nitrogens with one attached hydrogen (secondary N) is 1. The van der Waals surface area contributed by atoms with Crippen LogP contribution in [0.25, 0.3) is 0 Å². The van der Waals surface area contributed by atoms with E-state index in [1.807, 2.05) is 0 Å². The van der Waals surface area contributed by atoms with Gasteiger partial charge in [-0.1, -0.05) is 0 Å². The number of hydrogen-bond acceptors (Lipinski definition) is 3. The third kappa shape index (κ3) is 2.47. The first-order chi connectivity index (χ1) is 6.75. The van der Waals surface area contributed by atoms with Crippen molar-refractivity contribution in [2.45, 2.75) is 63.4 Å². The molecule has 1 saturated heterocycles. The average Bonchev–Trinajstić information content (AvgIpc) is 2.56. The van der Waals surface area contributed by atoms with Crippen LogP contribution in [0.15, 0.2) is 0 Å². The van der Waals surface area contributed by atoms with E-state index in [0.29, 0.717) is 12.1 Å². The van der Waals surface area contributed by atoms with Crippen molar-refractivity contribution in [3.8, 4) is 0 Å². The van der Waals surface area contributed by atoms with E-state index in [4.69, 9.17) is 4.74 Å². The minimum Gasteiger partial charge on any atom is -0.390 e. The van der Waals surface area contributed by atoms with Gasteiger partial charge in [-0.2, -0.15) is 0 Å². The van der Waals surface area contributed by atoms with Gasteiger partial charge < -0.3 is 15.2 Å². The first-order valence-corrected chi connectivity index (χ1v) is 5.82. The van der Waals surface area contributed by atoms with Gasteiger partial charge in [0.05, 0.1) is 18.3 Å². The molecular formula is C11H21NO2. The lowest BCUT2D eigenvalue weighted by molar-refractivity contribution is -0.0705. The molecule has 0 aromatic rings. The van der Waals surface area contributed by atoms with E-state index in [1.54, 1.807) is 0 Å². The molecule has 4 unspecified atom stereocenters. The van der Waals surface area contributed by atoms with Crippen LogP contribution in [0.3, 0.4) is 0 Å². The van der Waals surface area contributed by atoms with Gasteiger partial charge in [-0.15, -0.1) is 0 Å². The first kappa shape index (κ1) is 10.4. The van der Waals surface area contributed by atoms with Gasteiger partial charge in [0, 0.05) is 12.6 Å².